The van der Waals surface area contributed by atoms with Crippen molar-refractivity contribution in [2.45, 2.75) is 0 Å². The Morgan fingerprint density at radius 1 is 0.950 bits per heavy atom. The van der Waals surface area contributed by atoms with Crippen LogP contribution in [0.15, 0.2) is 90.7 Å². The zero-order valence-corrected chi connectivity index (χ0v) is 12.1. The lowest BCUT2D eigenvalue weighted by Gasteiger charge is -2.18. The number of rotatable bonds is 5. The topological polar surface area (TPSA) is 38.4 Å². The minimum Gasteiger partial charge on any atom is -0.403 e. The number of hydrogen-bond acceptors (Lipinski definition) is 2. The molecule has 0 fully saturated rings. The molecule has 3 heteroatoms. The van der Waals surface area contributed by atoms with Crippen molar-refractivity contribution in [3.8, 4) is 0 Å². The quantitative estimate of drug-likeness (QED) is 0.663. The summed E-state index contributed by atoms with van der Waals surface area (Å²) in [6, 6.07) is 20.8. The zero-order chi connectivity index (χ0) is 14.2. The van der Waals surface area contributed by atoms with Gasteiger partial charge < -0.3 is 5.73 Å². The summed E-state index contributed by atoms with van der Waals surface area (Å²) in [4.78, 5) is 4.44. The van der Waals surface area contributed by atoms with Crippen LogP contribution < -0.4 is 16.3 Å². The van der Waals surface area contributed by atoms with Gasteiger partial charge in [-0.2, -0.15) is 0 Å². The molecule has 2 aromatic rings. The third-order valence-electron chi connectivity index (χ3n) is 2.73. The molecule has 2 aromatic carbocycles. The average molecular weight is 280 g/mol. The smallest absolute Gasteiger partial charge is 0.0715 e. The van der Waals surface area contributed by atoms with E-state index in [0.717, 1.165) is 5.45 Å². The van der Waals surface area contributed by atoms with E-state index >= 15 is 0 Å². The SMILES string of the molecule is C=C/C(=N\C=C/N)P(c1ccccc1)c1ccccc1. The minimum absolute atomic E-state index is 0.701. The molecule has 0 aliphatic heterocycles. The van der Waals surface area contributed by atoms with Crippen LogP contribution in [0.3, 0.4) is 0 Å². The molecule has 0 heterocycles. The van der Waals surface area contributed by atoms with Crippen LogP contribution in [0.1, 0.15) is 0 Å². The first-order valence-corrected chi connectivity index (χ1v) is 7.68. The molecule has 0 saturated heterocycles. The fourth-order valence-corrected chi connectivity index (χ4v) is 4.02. The molecule has 0 unspecified atom stereocenters. The Bertz CT molecular complexity index is 564. The van der Waals surface area contributed by atoms with Crippen LogP contribution in [-0.4, -0.2) is 5.45 Å². The predicted octanol–water partition coefficient (Wildman–Crippen LogP) is 3.13. The summed E-state index contributed by atoms with van der Waals surface area (Å²) in [6.45, 7) is 3.90. The molecular formula is C17H17N2P. The molecule has 0 atom stereocenters. The zero-order valence-electron chi connectivity index (χ0n) is 11.2. The Kier molecular flexibility index (Phi) is 5.28. The van der Waals surface area contributed by atoms with E-state index in [9.17, 15) is 0 Å². The van der Waals surface area contributed by atoms with E-state index in [1.807, 2.05) is 42.5 Å². The normalized spacial score (nSPS) is 11.9. The van der Waals surface area contributed by atoms with E-state index in [-0.39, 0.29) is 0 Å². The van der Waals surface area contributed by atoms with Crippen LogP contribution in [0.2, 0.25) is 0 Å². The second-order valence-corrected chi connectivity index (χ2v) is 6.20. The maximum Gasteiger partial charge on any atom is 0.0715 e. The van der Waals surface area contributed by atoms with Crippen LogP contribution in [0, 0.1) is 0 Å². The van der Waals surface area contributed by atoms with Crippen LogP contribution in [0.4, 0.5) is 0 Å². The summed E-state index contributed by atoms with van der Waals surface area (Å²) < 4.78 is 0. The molecule has 100 valence electrons. The Morgan fingerprint density at radius 3 is 1.85 bits per heavy atom. The van der Waals surface area contributed by atoms with E-state index < -0.39 is 7.92 Å². The molecule has 0 bridgehead atoms. The van der Waals surface area contributed by atoms with E-state index in [1.54, 1.807) is 6.20 Å². The van der Waals surface area contributed by atoms with E-state index in [0.29, 0.717) is 0 Å². The summed E-state index contributed by atoms with van der Waals surface area (Å²) in [5, 5.41) is 2.50. The van der Waals surface area contributed by atoms with Gasteiger partial charge in [-0.05, 0) is 16.7 Å². The van der Waals surface area contributed by atoms with Crippen molar-refractivity contribution in [3.05, 3.63) is 85.7 Å². The van der Waals surface area contributed by atoms with Crippen molar-refractivity contribution in [2.75, 3.05) is 0 Å². The van der Waals surface area contributed by atoms with Crippen molar-refractivity contribution in [3.63, 3.8) is 0 Å². The van der Waals surface area contributed by atoms with Gasteiger partial charge in [-0.25, -0.2) is 0 Å². The lowest BCUT2D eigenvalue weighted by Crippen LogP contribution is -2.16. The standard InChI is InChI=1S/C17H17N2P/c1-2-17(19-14-13-18)20(15-9-5-3-6-10-15)16-11-7-4-8-12-16/h2-14H,1,18H2/b14-13-,19-17+. The number of aliphatic imine (C=N–C) groups is 1. The van der Waals surface area contributed by atoms with Gasteiger partial charge in [0, 0.05) is 20.3 Å². The van der Waals surface area contributed by atoms with Crippen LogP contribution in [0.25, 0.3) is 0 Å². The molecule has 0 aliphatic rings. The first-order valence-electron chi connectivity index (χ1n) is 6.34. The Balaban J connectivity index is 2.52. The predicted molar refractivity (Wildman–Crippen MR) is 90.0 cm³/mol. The molecule has 0 amide bonds. The summed E-state index contributed by atoms with van der Waals surface area (Å²) >= 11 is 0. The van der Waals surface area contributed by atoms with Gasteiger partial charge in [-0.3, -0.25) is 4.99 Å². The number of nitrogens with two attached hydrogens (primary N) is 1. The number of benzene rings is 2. The highest BCUT2D eigenvalue weighted by Gasteiger charge is 2.17. The lowest BCUT2D eigenvalue weighted by molar-refractivity contribution is 1.49. The van der Waals surface area contributed by atoms with Crippen molar-refractivity contribution < 1.29 is 0 Å². The molecule has 0 saturated carbocycles. The molecule has 20 heavy (non-hydrogen) atoms. The maximum absolute atomic E-state index is 5.39. The van der Waals surface area contributed by atoms with Crippen molar-refractivity contribution >= 4 is 24.0 Å². The van der Waals surface area contributed by atoms with Gasteiger partial charge >= 0.3 is 0 Å². The molecule has 0 aliphatic carbocycles. The van der Waals surface area contributed by atoms with Crippen molar-refractivity contribution in [2.24, 2.45) is 10.7 Å². The number of allylic oxidation sites excluding steroid dienone is 1. The highest BCUT2D eigenvalue weighted by Crippen LogP contribution is 2.36. The largest absolute Gasteiger partial charge is 0.403 e. The average Bonchev–Trinajstić information content (AvgIpc) is 2.53. The summed E-state index contributed by atoms with van der Waals surface area (Å²) in [7, 11) is -0.701. The molecular weight excluding hydrogens is 263 g/mol. The maximum atomic E-state index is 5.39. The van der Waals surface area contributed by atoms with Gasteiger partial charge in [-0.1, -0.05) is 67.2 Å². The van der Waals surface area contributed by atoms with E-state index in [4.69, 9.17) is 5.73 Å². The first-order chi connectivity index (χ1) is 9.86. The fraction of sp³-hybridized carbons (Fsp3) is 0. The molecule has 0 aromatic heterocycles. The van der Waals surface area contributed by atoms with Crippen LogP contribution in [-0.2, 0) is 0 Å². The Labute approximate surface area is 121 Å². The van der Waals surface area contributed by atoms with Gasteiger partial charge in [0.1, 0.15) is 0 Å². The highest BCUT2D eigenvalue weighted by molar-refractivity contribution is 7.88. The van der Waals surface area contributed by atoms with Gasteiger partial charge in [0.25, 0.3) is 0 Å². The van der Waals surface area contributed by atoms with Gasteiger partial charge in [0.15, 0.2) is 0 Å². The van der Waals surface area contributed by atoms with Gasteiger partial charge in [0.2, 0.25) is 0 Å². The highest BCUT2D eigenvalue weighted by atomic mass is 31.1. The Hall–Kier alpha value is -2.18. The molecule has 2 rings (SSSR count). The first kappa shape index (κ1) is 14.2. The summed E-state index contributed by atoms with van der Waals surface area (Å²) in [5.41, 5.74) is 6.34. The minimum atomic E-state index is -0.701. The molecule has 2 nitrogen and oxygen atoms in total. The fourth-order valence-electron chi connectivity index (χ4n) is 1.89. The van der Waals surface area contributed by atoms with Crippen LogP contribution in [0.5, 0.6) is 0 Å². The monoisotopic (exact) mass is 280 g/mol. The molecule has 0 radical (unpaired) electrons. The van der Waals surface area contributed by atoms with Gasteiger partial charge in [0.05, 0.1) is 5.45 Å². The Morgan fingerprint density at radius 2 is 1.45 bits per heavy atom. The van der Waals surface area contributed by atoms with Gasteiger partial charge in [-0.15, -0.1) is 0 Å². The third-order valence-corrected chi connectivity index (χ3v) is 5.12. The van der Waals surface area contributed by atoms with E-state index in [2.05, 4.69) is 35.8 Å². The van der Waals surface area contributed by atoms with Crippen molar-refractivity contribution in [1.29, 1.82) is 0 Å². The second kappa shape index (κ2) is 7.42. The molecule has 0 spiro atoms. The number of nitrogens with zero attached hydrogens (tertiary/aromatic N) is 1. The summed E-state index contributed by atoms with van der Waals surface area (Å²) in [6.07, 6.45) is 4.86. The van der Waals surface area contributed by atoms with E-state index in [1.165, 1.54) is 16.8 Å². The second-order valence-electron chi connectivity index (χ2n) is 4.04. The number of hydrogen-bond donors (Lipinski definition) is 1. The van der Waals surface area contributed by atoms with Crippen molar-refractivity contribution in [1.82, 2.24) is 0 Å². The van der Waals surface area contributed by atoms with Crippen LogP contribution >= 0.6 is 7.92 Å². The third kappa shape index (κ3) is 3.43. The molecule has 2 N–H and O–H groups in total. The summed E-state index contributed by atoms with van der Waals surface area (Å²) in [5.74, 6) is 0. The lowest BCUT2D eigenvalue weighted by atomic mass is 10.4.